The number of fused-ring (bicyclic) bond motifs is 8. The Morgan fingerprint density at radius 2 is 0.673 bits per heavy atom. The standard InChI is InChI=1S/C50H34N3OP/c54-55(38-18-6-2-7-19-38,39-20-8-3-9-21-39)40-31-28-36(29-32-40)52-46-26-14-11-23-42(46)50-49(52)43-24-12-15-27-47(43)53(50)37-30-33-48-44(34-37)41-22-10-13-25-45(41)51(48)35-16-4-1-5-17-35/h1-34H. The van der Waals surface area contributed by atoms with Crippen LogP contribution in [0.5, 0.6) is 0 Å². The van der Waals surface area contributed by atoms with Gasteiger partial charge in [-0.05, 0) is 72.8 Å². The second-order valence-corrected chi connectivity index (χ2v) is 16.9. The van der Waals surface area contributed by atoms with Gasteiger partial charge in [0.2, 0.25) is 0 Å². The molecule has 260 valence electrons. The van der Waals surface area contributed by atoms with Crippen molar-refractivity contribution in [3.05, 3.63) is 206 Å². The Balaban J connectivity index is 1.15. The second kappa shape index (κ2) is 12.3. The van der Waals surface area contributed by atoms with Crippen LogP contribution in [0.2, 0.25) is 0 Å². The molecule has 11 rings (SSSR count). The molecule has 8 aromatic carbocycles. The van der Waals surface area contributed by atoms with Gasteiger partial charge in [0, 0.05) is 54.5 Å². The smallest absolute Gasteiger partial charge is 0.171 e. The highest BCUT2D eigenvalue weighted by Crippen LogP contribution is 2.44. The first-order valence-electron chi connectivity index (χ1n) is 18.6. The van der Waals surface area contributed by atoms with Gasteiger partial charge in [-0.15, -0.1) is 0 Å². The van der Waals surface area contributed by atoms with Crippen LogP contribution in [0.15, 0.2) is 206 Å². The van der Waals surface area contributed by atoms with Crippen molar-refractivity contribution in [2.75, 3.05) is 0 Å². The summed E-state index contributed by atoms with van der Waals surface area (Å²) >= 11 is 0. The first-order chi connectivity index (χ1) is 27.2. The SMILES string of the molecule is O=P(c1ccccc1)(c1ccccc1)c1ccc(-n2c3ccccc3c3c2c2ccccc2n3-c2ccc3c(c2)c2ccccc2n3-c2ccccc2)cc1. The average molecular weight is 724 g/mol. The molecule has 3 aromatic heterocycles. The Morgan fingerprint density at radius 3 is 1.24 bits per heavy atom. The van der Waals surface area contributed by atoms with Crippen LogP contribution in [0.25, 0.3) is 71.7 Å². The van der Waals surface area contributed by atoms with Gasteiger partial charge in [0.25, 0.3) is 0 Å². The highest BCUT2D eigenvalue weighted by atomic mass is 31.2. The summed E-state index contributed by atoms with van der Waals surface area (Å²) in [5.41, 5.74) is 10.2. The van der Waals surface area contributed by atoms with E-state index in [1.807, 2.05) is 60.7 Å². The van der Waals surface area contributed by atoms with Crippen molar-refractivity contribution in [1.82, 2.24) is 13.7 Å². The second-order valence-electron chi connectivity index (χ2n) is 14.1. The van der Waals surface area contributed by atoms with Crippen LogP contribution in [0.3, 0.4) is 0 Å². The lowest BCUT2D eigenvalue weighted by Gasteiger charge is -2.20. The highest BCUT2D eigenvalue weighted by molar-refractivity contribution is 7.85. The topological polar surface area (TPSA) is 31.9 Å². The van der Waals surface area contributed by atoms with Crippen molar-refractivity contribution in [3.63, 3.8) is 0 Å². The third-order valence-corrected chi connectivity index (χ3v) is 14.2. The molecule has 0 spiro atoms. The van der Waals surface area contributed by atoms with Crippen LogP contribution >= 0.6 is 7.14 Å². The maximum absolute atomic E-state index is 15.2. The lowest BCUT2D eigenvalue weighted by atomic mass is 10.1. The molecule has 0 amide bonds. The Morgan fingerprint density at radius 1 is 0.291 bits per heavy atom. The van der Waals surface area contributed by atoms with Gasteiger partial charge in [0.1, 0.15) is 0 Å². The minimum atomic E-state index is -3.12. The Kier molecular flexibility index (Phi) is 7.10. The van der Waals surface area contributed by atoms with Crippen LogP contribution in [-0.2, 0) is 4.57 Å². The normalized spacial score (nSPS) is 12.1. The predicted molar refractivity (Wildman–Crippen MR) is 231 cm³/mol. The van der Waals surface area contributed by atoms with Gasteiger partial charge in [0.15, 0.2) is 7.14 Å². The fraction of sp³-hybridized carbons (Fsp3) is 0. The molecule has 0 N–H and O–H groups in total. The maximum Gasteiger partial charge on any atom is 0.171 e. The highest BCUT2D eigenvalue weighted by Gasteiger charge is 2.30. The van der Waals surface area contributed by atoms with Crippen molar-refractivity contribution < 1.29 is 4.57 Å². The minimum Gasteiger partial charge on any atom is -0.309 e. The molecule has 11 aromatic rings. The number of nitrogens with zero attached hydrogens (tertiary/aromatic N) is 3. The molecule has 0 aliphatic heterocycles. The van der Waals surface area contributed by atoms with Gasteiger partial charge in [-0.2, -0.15) is 0 Å². The summed E-state index contributed by atoms with van der Waals surface area (Å²) in [6.45, 7) is 0. The van der Waals surface area contributed by atoms with Gasteiger partial charge >= 0.3 is 0 Å². The molecule has 5 heteroatoms. The number of aromatic nitrogens is 3. The molecule has 0 atom stereocenters. The molecule has 0 unspecified atom stereocenters. The Bertz CT molecular complexity index is 3220. The average Bonchev–Trinajstić information content (AvgIpc) is 3.90. The molecular weight excluding hydrogens is 690 g/mol. The molecule has 55 heavy (non-hydrogen) atoms. The summed E-state index contributed by atoms with van der Waals surface area (Å²) in [6.07, 6.45) is 0. The lowest BCUT2D eigenvalue weighted by Crippen LogP contribution is -2.24. The van der Waals surface area contributed by atoms with E-state index in [4.69, 9.17) is 0 Å². The largest absolute Gasteiger partial charge is 0.309 e. The van der Waals surface area contributed by atoms with Crippen LogP contribution in [-0.4, -0.2) is 13.7 Å². The zero-order valence-corrected chi connectivity index (χ0v) is 30.7. The van der Waals surface area contributed by atoms with E-state index in [0.717, 1.165) is 55.0 Å². The summed E-state index contributed by atoms with van der Waals surface area (Å²) < 4.78 is 22.4. The molecule has 0 aliphatic rings. The molecule has 0 radical (unpaired) electrons. The summed E-state index contributed by atoms with van der Waals surface area (Å²) in [7, 11) is -3.12. The monoisotopic (exact) mass is 723 g/mol. The number of para-hydroxylation sites is 4. The molecule has 0 bridgehead atoms. The third kappa shape index (κ3) is 4.69. The number of hydrogen-bond acceptors (Lipinski definition) is 1. The molecule has 0 fully saturated rings. The molecule has 3 heterocycles. The zero-order valence-electron chi connectivity index (χ0n) is 29.8. The zero-order chi connectivity index (χ0) is 36.5. The van der Waals surface area contributed by atoms with E-state index in [2.05, 4.69) is 159 Å². The van der Waals surface area contributed by atoms with Crippen LogP contribution < -0.4 is 15.9 Å². The molecular formula is C50H34N3OP. The summed E-state index contributed by atoms with van der Waals surface area (Å²) in [6, 6.07) is 71.7. The van der Waals surface area contributed by atoms with Crippen molar-refractivity contribution >= 4 is 77.7 Å². The summed E-state index contributed by atoms with van der Waals surface area (Å²) in [5, 5.41) is 7.24. The van der Waals surface area contributed by atoms with E-state index >= 15 is 4.57 Å². The van der Waals surface area contributed by atoms with Crippen LogP contribution in [0.1, 0.15) is 0 Å². The van der Waals surface area contributed by atoms with Crippen molar-refractivity contribution in [1.29, 1.82) is 0 Å². The fourth-order valence-corrected chi connectivity index (χ4v) is 11.4. The van der Waals surface area contributed by atoms with Crippen LogP contribution in [0.4, 0.5) is 0 Å². The molecule has 0 aliphatic carbocycles. The quantitative estimate of drug-likeness (QED) is 0.157. The van der Waals surface area contributed by atoms with Gasteiger partial charge in [-0.3, -0.25) is 0 Å². The first-order valence-corrected chi connectivity index (χ1v) is 20.3. The Hall–Kier alpha value is -6.87. The van der Waals surface area contributed by atoms with Crippen molar-refractivity contribution in [2.24, 2.45) is 0 Å². The van der Waals surface area contributed by atoms with Gasteiger partial charge < -0.3 is 18.3 Å². The van der Waals surface area contributed by atoms with Crippen LogP contribution in [0, 0.1) is 0 Å². The lowest BCUT2D eigenvalue weighted by molar-refractivity contribution is 0.592. The molecule has 0 saturated heterocycles. The number of benzene rings is 8. The molecule has 0 saturated carbocycles. The fourth-order valence-electron chi connectivity index (χ4n) is 8.71. The van der Waals surface area contributed by atoms with E-state index in [1.165, 1.54) is 32.6 Å². The minimum absolute atomic E-state index is 0.812. The van der Waals surface area contributed by atoms with Crippen molar-refractivity contribution in [2.45, 2.75) is 0 Å². The number of rotatable bonds is 6. The van der Waals surface area contributed by atoms with Gasteiger partial charge in [-0.25, -0.2) is 0 Å². The Labute approximate surface area is 318 Å². The van der Waals surface area contributed by atoms with E-state index < -0.39 is 7.14 Å². The molecule has 4 nitrogen and oxygen atoms in total. The first kappa shape index (κ1) is 31.6. The van der Waals surface area contributed by atoms with E-state index in [1.54, 1.807) is 0 Å². The predicted octanol–water partition coefficient (Wildman–Crippen LogP) is 11.5. The van der Waals surface area contributed by atoms with Gasteiger partial charge in [-0.1, -0.05) is 133 Å². The third-order valence-electron chi connectivity index (χ3n) is 11.1. The van der Waals surface area contributed by atoms with E-state index in [-0.39, 0.29) is 0 Å². The maximum atomic E-state index is 15.2. The summed E-state index contributed by atoms with van der Waals surface area (Å²) in [5.74, 6) is 0. The van der Waals surface area contributed by atoms with E-state index in [0.29, 0.717) is 0 Å². The summed E-state index contributed by atoms with van der Waals surface area (Å²) in [4.78, 5) is 0. The van der Waals surface area contributed by atoms with Gasteiger partial charge in [0.05, 0.1) is 33.1 Å². The van der Waals surface area contributed by atoms with E-state index in [9.17, 15) is 0 Å². The van der Waals surface area contributed by atoms with Crippen molar-refractivity contribution in [3.8, 4) is 17.1 Å². The number of hydrogen-bond donors (Lipinski definition) is 0.